The van der Waals surface area contributed by atoms with Crippen LogP contribution in [0.25, 0.3) is 9.88 Å². The molecule has 0 aliphatic carbocycles. The van der Waals surface area contributed by atoms with Crippen LogP contribution in [0.5, 0.6) is 0 Å². The first kappa shape index (κ1) is 14.7. The van der Waals surface area contributed by atoms with E-state index in [9.17, 15) is 9.59 Å². The van der Waals surface area contributed by atoms with Crippen molar-refractivity contribution in [2.45, 2.75) is 13.3 Å². The Bertz CT molecular complexity index is 593. The van der Waals surface area contributed by atoms with E-state index in [0.29, 0.717) is 12.2 Å². The molecule has 2 rings (SSSR count). The van der Waals surface area contributed by atoms with Gasteiger partial charge in [0.1, 0.15) is 10.7 Å². The predicted molar refractivity (Wildman–Crippen MR) is 79.2 cm³/mol. The van der Waals surface area contributed by atoms with E-state index in [2.05, 4.69) is 10.3 Å². The Labute approximate surface area is 124 Å². The molecular weight excluding hydrogens is 296 g/mol. The van der Waals surface area contributed by atoms with Gasteiger partial charge in [-0.1, -0.05) is 13.0 Å². The molecule has 5 nitrogen and oxygen atoms in total. The number of hydrogen-bond acceptors (Lipinski definition) is 5. The van der Waals surface area contributed by atoms with Crippen molar-refractivity contribution in [3.63, 3.8) is 0 Å². The molecule has 0 aliphatic rings. The third-order valence-corrected chi connectivity index (χ3v) is 4.48. The quantitative estimate of drug-likeness (QED) is 0.860. The number of hydrogen-bond donors (Lipinski definition) is 2. The molecule has 0 saturated carbocycles. The minimum absolute atomic E-state index is 0.0395. The number of carbonyl (C=O) groups excluding carboxylic acids is 1. The Hall–Kier alpha value is -1.73. The van der Waals surface area contributed by atoms with Gasteiger partial charge in [-0.15, -0.1) is 22.7 Å². The summed E-state index contributed by atoms with van der Waals surface area (Å²) in [6.45, 7) is 2.11. The van der Waals surface area contributed by atoms with Crippen LogP contribution in [0.2, 0.25) is 0 Å². The fraction of sp³-hybridized carbons (Fsp3) is 0.308. The van der Waals surface area contributed by atoms with Gasteiger partial charge in [0.25, 0.3) is 5.91 Å². The maximum absolute atomic E-state index is 11.9. The Morgan fingerprint density at radius 3 is 2.90 bits per heavy atom. The molecule has 20 heavy (non-hydrogen) atoms. The van der Waals surface area contributed by atoms with Crippen molar-refractivity contribution in [1.82, 2.24) is 10.3 Å². The lowest BCUT2D eigenvalue weighted by Gasteiger charge is -2.08. The first-order valence-electron chi connectivity index (χ1n) is 6.05. The van der Waals surface area contributed by atoms with Crippen molar-refractivity contribution in [3.8, 4) is 9.88 Å². The van der Waals surface area contributed by atoms with E-state index in [1.807, 2.05) is 17.5 Å². The van der Waals surface area contributed by atoms with E-state index >= 15 is 0 Å². The third-order valence-electron chi connectivity index (χ3n) is 2.60. The van der Waals surface area contributed by atoms with Crippen LogP contribution in [-0.2, 0) is 4.79 Å². The summed E-state index contributed by atoms with van der Waals surface area (Å²) in [5, 5.41) is 15.9. The number of carboxylic acids is 1. The molecule has 0 bridgehead atoms. The second-order valence-electron chi connectivity index (χ2n) is 4.43. The van der Waals surface area contributed by atoms with Crippen molar-refractivity contribution in [2.75, 3.05) is 6.54 Å². The summed E-state index contributed by atoms with van der Waals surface area (Å²) in [6.07, 6.45) is 0.0395. The maximum atomic E-state index is 11.9. The Kier molecular flexibility index (Phi) is 4.86. The van der Waals surface area contributed by atoms with Gasteiger partial charge in [0.15, 0.2) is 0 Å². The summed E-state index contributed by atoms with van der Waals surface area (Å²) in [6, 6.07) is 3.90. The Balaban J connectivity index is 1.92. The average Bonchev–Trinajstić information content (AvgIpc) is 3.04. The molecule has 0 aliphatic heterocycles. The highest BCUT2D eigenvalue weighted by molar-refractivity contribution is 7.20. The summed E-state index contributed by atoms with van der Waals surface area (Å²) >= 11 is 3.00. The molecule has 1 atom stereocenters. The second kappa shape index (κ2) is 6.62. The number of thiazole rings is 1. The molecule has 2 N–H and O–H groups in total. The van der Waals surface area contributed by atoms with Crippen LogP contribution in [-0.4, -0.2) is 28.5 Å². The topological polar surface area (TPSA) is 79.3 Å². The van der Waals surface area contributed by atoms with Crippen LogP contribution in [0.1, 0.15) is 23.8 Å². The molecule has 0 saturated heterocycles. The van der Waals surface area contributed by atoms with Crippen LogP contribution in [0.3, 0.4) is 0 Å². The van der Waals surface area contributed by atoms with Gasteiger partial charge in [-0.3, -0.25) is 9.59 Å². The number of thiophene rings is 1. The standard InChI is InChI=1S/C13H14N2O3S2/c1-8(5-11(16)17)6-14-12(18)9-7-20-13(15-9)10-3-2-4-19-10/h2-4,7-8H,5-6H2,1H3,(H,14,18)(H,16,17). The van der Waals surface area contributed by atoms with Gasteiger partial charge in [0.05, 0.1) is 4.88 Å². The molecule has 1 amide bonds. The highest BCUT2D eigenvalue weighted by Gasteiger charge is 2.14. The molecule has 0 aromatic carbocycles. The van der Waals surface area contributed by atoms with Crippen molar-refractivity contribution >= 4 is 34.6 Å². The van der Waals surface area contributed by atoms with Crippen molar-refractivity contribution in [1.29, 1.82) is 0 Å². The summed E-state index contributed by atoms with van der Waals surface area (Å²) in [4.78, 5) is 27.8. The molecule has 0 fully saturated rings. The summed E-state index contributed by atoms with van der Waals surface area (Å²) < 4.78 is 0. The first-order valence-corrected chi connectivity index (χ1v) is 7.81. The smallest absolute Gasteiger partial charge is 0.303 e. The molecule has 106 valence electrons. The number of amides is 1. The SMILES string of the molecule is CC(CNC(=O)c1csc(-c2cccs2)n1)CC(=O)O. The van der Waals surface area contributed by atoms with Crippen molar-refractivity contribution < 1.29 is 14.7 Å². The molecule has 7 heteroatoms. The fourth-order valence-electron chi connectivity index (χ4n) is 1.62. The Morgan fingerprint density at radius 1 is 1.45 bits per heavy atom. The van der Waals surface area contributed by atoms with E-state index in [1.54, 1.807) is 23.6 Å². The third kappa shape index (κ3) is 3.88. The van der Waals surface area contributed by atoms with Crippen LogP contribution in [0.4, 0.5) is 0 Å². The largest absolute Gasteiger partial charge is 0.481 e. The minimum atomic E-state index is -0.861. The molecule has 2 heterocycles. The van der Waals surface area contributed by atoms with Crippen molar-refractivity contribution in [2.24, 2.45) is 5.92 Å². The normalized spacial score (nSPS) is 12.1. The Morgan fingerprint density at radius 2 is 2.25 bits per heavy atom. The zero-order valence-corrected chi connectivity index (χ0v) is 12.5. The summed E-state index contributed by atoms with van der Waals surface area (Å²) in [5.74, 6) is -1.23. The van der Waals surface area contributed by atoms with Gasteiger partial charge in [-0.2, -0.15) is 0 Å². The van der Waals surface area contributed by atoms with Crippen LogP contribution in [0, 0.1) is 5.92 Å². The zero-order chi connectivity index (χ0) is 14.5. The number of rotatable bonds is 6. The van der Waals surface area contributed by atoms with Gasteiger partial charge in [-0.25, -0.2) is 4.98 Å². The summed E-state index contributed by atoms with van der Waals surface area (Å²) in [5.41, 5.74) is 0.376. The second-order valence-corrected chi connectivity index (χ2v) is 6.23. The van der Waals surface area contributed by atoms with Crippen LogP contribution < -0.4 is 5.32 Å². The van der Waals surface area contributed by atoms with Gasteiger partial charge < -0.3 is 10.4 Å². The molecule has 2 aromatic heterocycles. The van der Waals surface area contributed by atoms with Gasteiger partial charge in [0.2, 0.25) is 0 Å². The predicted octanol–water partition coefficient (Wildman–Crippen LogP) is 2.71. The number of aliphatic carboxylic acids is 1. The van der Waals surface area contributed by atoms with E-state index in [-0.39, 0.29) is 18.2 Å². The van der Waals surface area contributed by atoms with E-state index in [0.717, 1.165) is 9.88 Å². The molecule has 0 spiro atoms. The number of nitrogens with zero attached hydrogens (tertiary/aromatic N) is 1. The number of carboxylic acid groups (broad SMARTS) is 1. The lowest BCUT2D eigenvalue weighted by atomic mass is 10.1. The molecule has 2 aromatic rings. The summed E-state index contributed by atoms with van der Waals surface area (Å²) in [7, 11) is 0. The fourth-order valence-corrected chi connectivity index (χ4v) is 3.23. The number of carbonyl (C=O) groups is 2. The van der Waals surface area contributed by atoms with Gasteiger partial charge >= 0.3 is 5.97 Å². The lowest BCUT2D eigenvalue weighted by molar-refractivity contribution is -0.137. The lowest BCUT2D eigenvalue weighted by Crippen LogP contribution is -2.29. The van der Waals surface area contributed by atoms with E-state index in [4.69, 9.17) is 5.11 Å². The average molecular weight is 310 g/mol. The van der Waals surface area contributed by atoms with E-state index < -0.39 is 5.97 Å². The molecular formula is C13H14N2O3S2. The highest BCUT2D eigenvalue weighted by Crippen LogP contribution is 2.27. The van der Waals surface area contributed by atoms with E-state index in [1.165, 1.54) is 11.3 Å². The highest BCUT2D eigenvalue weighted by atomic mass is 32.1. The van der Waals surface area contributed by atoms with Gasteiger partial charge in [-0.05, 0) is 17.4 Å². The monoisotopic (exact) mass is 310 g/mol. The van der Waals surface area contributed by atoms with Gasteiger partial charge in [0, 0.05) is 18.3 Å². The van der Waals surface area contributed by atoms with Crippen LogP contribution >= 0.6 is 22.7 Å². The number of nitrogens with one attached hydrogen (secondary N) is 1. The zero-order valence-electron chi connectivity index (χ0n) is 10.8. The van der Waals surface area contributed by atoms with Crippen LogP contribution in [0.15, 0.2) is 22.9 Å². The molecule has 1 unspecified atom stereocenters. The van der Waals surface area contributed by atoms with Crippen molar-refractivity contribution in [3.05, 3.63) is 28.6 Å². The number of aromatic nitrogens is 1. The first-order chi connectivity index (χ1) is 9.56. The molecule has 0 radical (unpaired) electrons. The minimum Gasteiger partial charge on any atom is -0.481 e. The maximum Gasteiger partial charge on any atom is 0.303 e.